The van der Waals surface area contributed by atoms with Crippen molar-refractivity contribution in [2.75, 3.05) is 36.5 Å². The molecule has 0 atom stereocenters. The first-order valence-electron chi connectivity index (χ1n) is 8.40. The number of carbonyl (C=O) groups excluding carboxylic acids is 1. The van der Waals surface area contributed by atoms with Crippen molar-refractivity contribution in [1.29, 1.82) is 0 Å². The molecule has 0 unspecified atom stereocenters. The van der Waals surface area contributed by atoms with Crippen LogP contribution in [-0.2, 0) is 4.74 Å². The number of carbonyl (C=O) groups is 1. The number of anilines is 2. The number of amides is 1. The van der Waals surface area contributed by atoms with Crippen molar-refractivity contribution in [3.05, 3.63) is 60.5 Å². The molecule has 1 aliphatic rings. The van der Waals surface area contributed by atoms with Crippen LogP contribution in [0.3, 0.4) is 0 Å². The van der Waals surface area contributed by atoms with Gasteiger partial charge in [0.15, 0.2) is 0 Å². The third-order valence-corrected chi connectivity index (χ3v) is 4.26. The summed E-state index contributed by atoms with van der Waals surface area (Å²) in [5, 5.41) is 10.4. The van der Waals surface area contributed by atoms with Crippen LogP contribution >= 0.6 is 0 Å². The molecule has 1 aromatic heterocycles. The Morgan fingerprint density at radius 2 is 1.73 bits per heavy atom. The Labute approximate surface area is 150 Å². The van der Waals surface area contributed by atoms with E-state index >= 15 is 0 Å². The molecule has 4 rings (SSSR count). The highest BCUT2D eigenvalue weighted by molar-refractivity contribution is 6.04. The predicted octanol–water partition coefficient (Wildman–Crippen LogP) is 2.83. The predicted molar refractivity (Wildman–Crippen MR) is 97.2 cm³/mol. The molecular weight excluding hydrogens is 332 g/mol. The van der Waals surface area contributed by atoms with Crippen LogP contribution in [0.1, 0.15) is 10.4 Å². The minimum absolute atomic E-state index is 0.149. The van der Waals surface area contributed by atoms with E-state index in [0.29, 0.717) is 17.1 Å². The number of morpholine rings is 1. The van der Waals surface area contributed by atoms with Gasteiger partial charge in [0.25, 0.3) is 5.91 Å². The lowest BCUT2D eigenvalue weighted by atomic mass is 10.1. The van der Waals surface area contributed by atoms with Gasteiger partial charge in [-0.15, -0.1) is 10.2 Å². The van der Waals surface area contributed by atoms with E-state index in [-0.39, 0.29) is 5.91 Å². The van der Waals surface area contributed by atoms with E-state index in [9.17, 15) is 4.79 Å². The van der Waals surface area contributed by atoms with E-state index in [4.69, 9.17) is 9.15 Å². The number of nitrogens with one attached hydrogen (secondary N) is 1. The summed E-state index contributed by atoms with van der Waals surface area (Å²) in [5.74, 6) is 0.297. The fourth-order valence-corrected chi connectivity index (χ4v) is 2.84. The summed E-state index contributed by atoms with van der Waals surface area (Å²) in [6, 6.07) is 14.9. The summed E-state index contributed by atoms with van der Waals surface area (Å²) >= 11 is 0. The Balaban J connectivity index is 1.41. The van der Waals surface area contributed by atoms with Crippen molar-refractivity contribution in [1.82, 2.24) is 10.2 Å². The molecule has 2 aromatic carbocycles. The third-order valence-electron chi connectivity index (χ3n) is 4.26. The highest BCUT2D eigenvalue weighted by atomic mass is 16.5. The number of nitrogens with zero attached hydrogens (tertiary/aromatic N) is 3. The molecule has 0 radical (unpaired) electrons. The van der Waals surface area contributed by atoms with E-state index < -0.39 is 0 Å². The van der Waals surface area contributed by atoms with Crippen LogP contribution in [0.15, 0.2) is 59.3 Å². The van der Waals surface area contributed by atoms with Gasteiger partial charge in [0.1, 0.15) is 0 Å². The molecule has 0 bridgehead atoms. The summed E-state index contributed by atoms with van der Waals surface area (Å²) in [4.78, 5) is 14.7. The maximum atomic E-state index is 12.4. The van der Waals surface area contributed by atoms with E-state index in [2.05, 4.69) is 20.4 Å². The SMILES string of the molecule is O=C(Nc1ccc(-c2nnco2)cc1)c1ccc(N2CCOCC2)cc1. The highest BCUT2D eigenvalue weighted by Gasteiger charge is 2.12. The van der Waals surface area contributed by atoms with Gasteiger partial charge in [0.2, 0.25) is 12.3 Å². The third kappa shape index (κ3) is 3.57. The highest BCUT2D eigenvalue weighted by Crippen LogP contribution is 2.20. The first kappa shape index (κ1) is 16.3. The average molecular weight is 350 g/mol. The smallest absolute Gasteiger partial charge is 0.255 e. The van der Waals surface area contributed by atoms with Crippen LogP contribution in [0.4, 0.5) is 11.4 Å². The molecule has 1 amide bonds. The van der Waals surface area contributed by atoms with Crippen LogP contribution in [0.2, 0.25) is 0 Å². The number of hydrogen-bond donors (Lipinski definition) is 1. The topological polar surface area (TPSA) is 80.5 Å². The summed E-state index contributed by atoms with van der Waals surface area (Å²) in [6.07, 6.45) is 1.28. The minimum Gasteiger partial charge on any atom is -0.423 e. The molecule has 26 heavy (non-hydrogen) atoms. The van der Waals surface area contributed by atoms with Crippen molar-refractivity contribution in [3.8, 4) is 11.5 Å². The van der Waals surface area contributed by atoms with E-state index in [1.165, 1.54) is 6.39 Å². The first-order valence-corrected chi connectivity index (χ1v) is 8.40. The summed E-state index contributed by atoms with van der Waals surface area (Å²) in [5.41, 5.74) is 3.22. The minimum atomic E-state index is -0.149. The molecule has 0 saturated carbocycles. The Bertz CT molecular complexity index is 855. The fourth-order valence-electron chi connectivity index (χ4n) is 2.84. The zero-order chi connectivity index (χ0) is 17.8. The van der Waals surface area contributed by atoms with E-state index in [1.54, 1.807) is 12.1 Å². The summed E-state index contributed by atoms with van der Waals surface area (Å²) in [6.45, 7) is 3.22. The second-order valence-corrected chi connectivity index (χ2v) is 5.92. The van der Waals surface area contributed by atoms with Gasteiger partial charge in [0.05, 0.1) is 13.2 Å². The maximum Gasteiger partial charge on any atom is 0.255 e. The van der Waals surface area contributed by atoms with E-state index in [0.717, 1.165) is 37.6 Å². The standard InChI is InChI=1S/C19H18N4O3/c24-18(14-3-7-17(8-4-14)23-9-11-25-12-10-23)21-16-5-1-15(2-6-16)19-22-20-13-26-19/h1-8,13H,9-12H2,(H,21,24). The van der Waals surface area contributed by atoms with Gasteiger partial charge in [-0.05, 0) is 48.5 Å². The molecule has 7 nitrogen and oxygen atoms in total. The molecule has 1 N–H and O–H groups in total. The van der Waals surface area contributed by atoms with Crippen LogP contribution in [-0.4, -0.2) is 42.4 Å². The van der Waals surface area contributed by atoms with Crippen LogP contribution in [0, 0.1) is 0 Å². The Hall–Kier alpha value is -3.19. The summed E-state index contributed by atoms with van der Waals surface area (Å²) < 4.78 is 10.5. The lowest BCUT2D eigenvalue weighted by Gasteiger charge is -2.28. The Morgan fingerprint density at radius 1 is 1.00 bits per heavy atom. The second kappa shape index (κ2) is 7.37. The fraction of sp³-hybridized carbons (Fsp3) is 0.211. The molecule has 1 fully saturated rings. The van der Waals surface area contributed by atoms with Crippen LogP contribution < -0.4 is 10.2 Å². The van der Waals surface area contributed by atoms with Gasteiger partial charge in [-0.25, -0.2) is 0 Å². The molecular formula is C19H18N4O3. The molecule has 2 heterocycles. The van der Waals surface area contributed by atoms with Crippen LogP contribution in [0.5, 0.6) is 0 Å². The van der Waals surface area contributed by atoms with Crippen molar-refractivity contribution >= 4 is 17.3 Å². The molecule has 0 spiro atoms. The van der Waals surface area contributed by atoms with Crippen LogP contribution in [0.25, 0.3) is 11.5 Å². The first-order chi connectivity index (χ1) is 12.8. The molecule has 7 heteroatoms. The molecule has 1 saturated heterocycles. The second-order valence-electron chi connectivity index (χ2n) is 5.92. The maximum absolute atomic E-state index is 12.4. The van der Waals surface area contributed by atoms with Crippen molar-refractivity contribution < 1.29 is 13.9 Å². The number of aromatic nitrogens is 2. The number of benzene rings is 2. The average Bonchev–Trinajstić information content (AvgIpc) is 3.24. The normalized spacial score (nSPS) is 14.2. The molecule has 1 aliphatic heterocycles. The van der Waals surface area contributed by atoms with Gasteiger partial charge in [-0.2, -0.15) is 0 Å². The van der Waals surface area contributed by atoms with Gasteiger partial charge in [-0.1, -0.05) is 0 Å². The zero-order valence-corrected chi connectivity index (χ0v) is 14.1. The molecule has 132 valence electrons. The van der Waals surface area contributed by atoms with Gasteiger partial charge < -0.3 is 19.4 Å². The Morgan fingerprint density at radius 3 is 2.38 bits per heavy atom. The number of ether oxygens (including phenoxy) is 1. The van der Waals surface area contributed by atoms with Crippen molar-refractivity contribution in [3.63, 3.8) is 0 Å². The number of rotatable bonds is 4. The van der Waals surface area contributed by atoms with E-state index in [1.807, 2.05) is 36.4 Å². The molecule has 0 aliphatic carbocycles. The Kier molecular flexibility index (Phi) is 4.61. The quantitative estimate of drug-likeness (QED) is 0.779. The van der Waals surface area contributed by atoms with Crippen molar-refractivity contribution in [2.45, 2.75) is 0 Å². The lowest BCUT2D eigenvalue weighted by Crippen LogP contribution is -2.36. The largest absolute Gasteiger partial charge is 0.423 e. The molecule has 3 aromatic rings. The zero-order valence-electron chi connectivity index (χ0n) is 14.1. The van der Waals surface area contributed by atoms with Gasteiger partial charge in [0, 0.05) is 35.6 Å². The van der Waals surface area contributed by atoms with Gasteiger partial charge in [-0.3, -0.25) is 4.79 Å². The lowest BCUT2D eigenvalue weighted by molar-refractivity contribution is 0.102. The van der Waals surface area contributed by atoms with Gasteiger partial charge >= 0.3 is 0 Å². The monoisotopic (exact) mass is 350 g/mol. The number of hydrogen-bond acceptors (Lipinski definition) is 6. The summed E-state index contributed by atoms with van der Waals surface area (Å²) in [7, 11) is 0. The van der Waals surface area contributed by atoms with Crippen molar-refractivity contribution in [2.24, 2.45) is 0 Å².